The summed E-state index contributed by atoms with van der Waals surface area (Å²) in [6, 6.07) is 0. The summed E-state index contributed by atoms with van der Waals surface area (Å²) in [6.07, 6.45) is 3.83. The quantitative estimate of drug-likeness (QED) is 0.872. The highest BCUT2D eigenvalue weighted by Crippen LogP contribution is 2.18. The van der Waals surface area contributed by atoms with E-state index in [4.69, 9.17) is 5.73 Å². The van der Waals surface area contributed by atoms with Gasteiger partial charge >= 0.3 is 0 Å². The summed E-state index contributed by atoms with van der Waals surface area (Å²) >= 11 is 0. The molecule has 1 aromatic rings. The molecule has 0 spiro atoms. The highest BCUT2D eigenvalue weighted by molar-refractivity contribution is 5.95. The first kappa shape index (κ1) is 15.0. The topological polar surface area (TPSA) is 64.2 Å². The largest absolute Gasteiger partial charge is 0.339 e. The summed E-state index contributed by atoms with van der Waals surface area (Å²) in [4.78, 5) is 14.2. The van der Waals surface area contributed by atoms with Crippen molar-refractivity contribution >= 4 is 18.3 Å². The number of carbonyl (C=O) groups excluding carboxylic acids is 1. The molecule has 1 saturated heterocycles. The van der Waals surface area contributed by atoms with Crippen LogP contribution in [0.15, 0.2) is 6.20 Å². The average molecular weight is 273 g/mol. The third kappa shape index (κ3) is 3.03. The number of hydrogen-bond acceptors (Lipinski definition) is 3. The number of hydrogen-bond donors (Lipinski definition) is 1. The van der Waals surface area contributed by atoms with Crippen molar-refractivity contribution in [3.05, 3.63) is 17.5 Å². The summed E-state index contributed by atoms with van der Waals surface area (Å²) in [5.41, 5.74) is 7.17. The number of piperidine rings is 1. The molecule has 1 aromatic heterocycles. The third-order valence-electron chi connectivity index (χ3n) is 3.48. The van der Waals surface area contributed by atoms with E-state index >= 15 is 0 Å². The van der Waals surface area contributed by atoms with Gasteiger partial charge in [0.2, 0.25) is 0 Å². The fourth-order valence-electron chi connectivity index (χ4n) is 2.35. The van der Waals surface area contributed by atoms with E-state index in [-0.39, 0.29) is 18.3 Å². The highest BCUT2D eigenvalue weighted by atomic mass is 35.5. The molecule has 0 unspecified atom stereocenters. The Labute approximate surface area is 114 Å². The number of halogens is 1. The Bertz CT molecular complexity index is 410. The second kappa shape index (κ2) is 6.20. The van der Waals surface area contributed by atoms with Crippen LogP contribution in [0.3, 0.4) is 0 Å². The van der Waals surface area contributed by atoms with Crippen LogP contribution in [-0.2, 0) is 7.05 Å². The Morgan fingerprint density at radius 1 is 1.50 bits per heavy atom. The van der Waals surface area contributed by atoms with Gasteiger partial charge < -0.3 is 10.6 Å². The van der Waals surface area contributed by atoms with Crippen LogP contribution in [-0.4, -0.2) is 40.2 Å². The van der Waals surface area contributed by atoms with E-state index in [0.717, 1.165) is 43.7 Å². The monoisotopic (exact) mass is 272 g/mol. The number of aromatic nitrogens is 2. The van der Waals surface area contributed by atoms with Gasteiger partial charge in [0.1, 0.15) is 0 Å². The van der Waals surface area contributed by atoms with E-state index < -0.39 is 0 Å². The first-order chi connectivity index (χ1) is 8.11. The fourth-order valence-corrected chi connectivity index (χ4v) is 2.35. The van der Waals surface area contributed by atoms with Crippen LogP contribution < -0.4 is 5.73 Å². The van der Waals surface area contributed by atoms with Crippen LogP contribution >= 0.6 is 12.4 Å². The average Bonchev–Trinajstić information content (AvgIpc) is 2.68. The van der Waals surface area contributed by atoms with Gasteiger partial charge in [0.15, 0.2) is 0 Å². The van der Waals surface area contributed by atoms with Crippen molar-refractivity contribution in [1.82, 2.24) is 14.7 Å². The summed E-state index contributed by atoms with van der Waals surface area (Å²) in [6.45, 7) is 4.23. The lowest BCUT2D eigenvalue weighted by Crippen LogP contribution is -2.40. The van der Waals surface area contributed by atoms with Gasteiger partial charge in [-0.1, -0.05) is 0 Å². The molecule has 1 aliphatic rings. The van der Waals surface area contributed by atoms with Gasteiger partial charge in [-0.05, 0) is 32.2 Å². The second-order valence-corrected chi connectivity index (χ2v) is 4.77. The lowest BCUT2D eigenvalue weighted by molar-refractivity contribution is 0.0692. The van der Waals surface area contributed by atoms with Gasteiger partial charge in [-0.25, -0.2) is 0 Å². The minimum atomic E-state index is 0. The number of aryl methyl sites for hydroxylation is 2. The maximum Gasteiger partial charge on any atom is 0.257 e. The van der Waals surface area contributed by atoms with Gasteiger partial charge in [-0.2, -0.15) is 5.10 Å². The maximum absolute atomic E-state index is 12.3. The zero-order valence-electron chi connectivity index (χ0n) is 10.9. The normalized spacial score (nSPS) is 16.5. The van der Waals surface area contributed by atoms with Crippen molar-refractivity contribution in [2.24, 2.45) is 18.7 Å². The molecule has 1 amide bonds. The lowest BCUT2D eigenvalue weighted by atomic mass is 9.97. The maximum atomic E-state index is 12.3. The first-order valence-electron chi connectivity index (χ1n) is 6.11. The number of nitrogens with two attached hydrogens (primary N) is 1. The Hall–Kier alpha value is -1.07. The van der Waals surface area contributed by atoms with Crippen LogP contribution in [0.1, 0.15) is 28.9 Å². The van der Waals surface area contributed by atoms with Crippen LogP contribution in [0, 0.1) is 12.8 Å². The smallest absolute Gasteiger partial charge is 0.257 e. The third-order valence-corrected chi connectivity index (χ3v) is 3.48. The molecule has 0 aromatic carbocycles. The van der Waals surface area contributed by atoms with Gasteiger partial charge in [0.25, 0.3) is 5.91 Å². The van der Waals surface area contributed by atoms with E-state index in [1.165, 1.54) is 0 Å². The Kier molecular flexibility index (Phi) is 5.16. The fraction of sp³-hybridized carbons (Fsp3) is 0.667. The predicted molar refractivity (Wildman–Crippen MR) is 72.9 cm³/mol. The SMILES string of the molecule is Cc1nn(C)cc1C(=O)N1CCC(CN)CC1.Cl. The van der Waals surface area contributed by atoms with Crippen molar-refractivity contribution in [1.29, 1.82) is 0 Å². The summed E-state index contributed by atoms with van der Waals surface area (Å²) in [5.74, 6) is 0.681. The van der Waals surface area contributed by atoms with Crippen LogP contribution in [0.4, 0.5) is 0 Å². The molecule has 0 radical (unpaired) electrons. The molecule has 18 heavy (non-hydrogen) atoms. The van der Waals surface area contributed by atoms with Crippen molar-refractivity contribution in [3.63, 3.8) is 0 Å². The van der Waals surface area contributed by atoms with E-state index in [1.807, 2.05) is 18.9 Å². The van der Waals surface area contributed by atoms with Crippen molar-refractivity contribution in [3.8, 4) is 0 Å². The molecular weight excluding hydrogens is 252 g/mol. The molecule has 0 saturated carbocycles. The number of amides is 1. The molecule has 1 aliphatic heterocycles. The molecule has 2 N–H and O–H groups in total. The summed E-state index contributed by atoms with van der Waals surface area (Å²) in [7, 11) is 1.84. The summed E-state index contributed by atoms with van der Waals surface area (Å²) < 4.78 is 1.69. The van der Waals surface area contributed by atoms with Gasteiger partial charge in [0, 0.05) is 26.3 Å². The van der Waals surface area contributed by atoms with Gasteiger partial charge in [-0.15, -0.1) is 12.4 Å². The van der Waals surface area contributed by atoms with Crippen molar-refractivity contribution < 1.29 is 4.79 Å². The lowest BCUT2D eigenvalue weighted by Gasteiger charge is -2.31. The number of carbonyl (C=O) groups is 1. The van der Waals surface area contributed by atoms with Crippen LogP contribution in [0.2, 0.25) is 0 Å². The number of rotatable bonds is 2. The molecule has 2 rings (SSSR count). The van der Waals surface area contributed by atoms with Gasteiger partial charge in [0.05, 0.1) is 11.3 Å². The van der Waals surface area contributed by atoms with Crippen LogP contribution in [0.25, 0.3) is 0 Å². The van der Waals surface area contributed by atoms with E-state index in [1.54, 1.807) is 10.9 Å². The Balaban J connectivity index is 0.00000162. The Morgan fingerprint density at radius 3 is 2.56 bits per heavy atom. The molecular formula is C12H21ClN4O. The second-order valence-electron chi connectivity index (χ2n) is 4.77. The molecule has 0 aliphatic carbocycles. The minimum Gasteiger partial charge on any atom is -0.339 e. The van der Waals surface area contributed by atoms with Gasteiger partial charge in [-0.3, -0.25) is 9.48 Å². The first-order valence-corrected chi connectivity index (χ1v) is 6.11. The van der Waals surface area contributed by atoms with E-state index in [9.17, 15) is 4.79 Å². The molecule has 0 bridgehead atoms. The minimum absolute atomic E-state index is 0. The molecule has 0 atom stereocenters. The molecule has 1 fully saturated rings. The molecule has 102 valence electrons. The zero-order chi connectivity index (χ0) is 12.4. The molecule has 5 nitrogen and oxygen atoms in total. The highest BCUT2D eigenvalue weighted by Gasteiger charge is 2.24. The van der Waals surface area contributed by atoms with Crippen molar-refractivity contribution in [2.45, 2.75) is 19.8 Å². The van der Waals surface area contributed by atoms with E-state index in [2.05, 4.69) is 5.10 Å². The van der Waals surface area contributed by atoms with E-state index in [0.29, 0.717) is 5.92 Å². The molecule has 6 heteroatoms. The standard InChI is InChI=1S/C12H20N4O.ClH/c1-9-11(8-15(2)14-9)12(17)16-5-3-10(7-13)4-6-16;/h8,10H,3-7,13H2,1-2H3;1H. The number of likely N-dealkylation sites (tertiary alicyclic amines) is 1. The predicted octanol–water partition coefficient (Wildman–Crippen LogP) is 0.961. The zero-order valence-corrected chi connectivity index (χ0v) is 11.7. The van der Waals surface area contributed by atoms with Crippen molar-refractivity contribution in [2.75, 3.05) is 19.6 Å². The Morgan fingerprint density at radius 2 is 2.11 bits per heavy atom. The van der Waals surface area contributed by atoms with Crippen LogP contribution in [0.5, 0.6) is 0 Å². The number of nitrogens with zero attached hydrogens (tertiary/aromatic N) is 3. The summed E-state index contributed by atoms with van der Waals surface area (Å²) in [5, 5.41) is 4.21. The molecule has 2 heterocycles.